The van der Waals surface area contributed by atoms with Crippen LogP contribution in [-0.4, -0.2) is 23.9 Å². The highest BCUT2D eigenvalue weighted by atomic mass is 35.5. The first-order chi connectivity index (χ1) is 9.74. The molecule has 1 aliphatic rings. The van der Waals surface area contributed by atoms with Gasteiger partial charge in [-0.1, -0.05) is 23.7 Å². The van der Waals surface area contributed by atoms with Gasteiger partial charge in [0.05, 0.1) is 0 Å². The number of likely N-dealkylation sites (tertiary alicyclic amines) is 1. The van der Waals surface area contributed by atoms with Crippen LogP contribution in [0.2, 0.25) is 5.02 Å². The van der Waals surface area contributed by atoms with Gasteiger partial charge in [-0.2, -0.15) is 0 Å². The molecule has 20 heavy (non-hydrogen) atoms. The molecule has 1 saturated heterocycles. The van der Waals surface area contributed by atoms with E-state index < -0.39 is 0 Å². The van der Waals surface area contributed by atoms with Gasteiger partial charge in [0.25, 0.3) is 5.91 Å². The van der Waals surface area contributed by atoms with Crippen LogP contribution in [0.3, 0.4) is 0 Å². The number of hydrogen-bond acceptors (Lipinski definition) is 2. The number of nitrogens with zero attached hydrogens (tertiary/aromatic N) is 1. The lowest BCUT2D eigenvalue weighted by Gasteiger charge is -2.25. The van der Waals surface area contributed by atoms with Crippen molar-refractivity contribution in [3.63, 3.8) is 0 Å². The summed E-state index contributed by atoms with van der Waals surface area (Å²) in [6, 6.07) is 11.0. The maximum atomic E-state index is 12.3. The van der Waals surface area contributed by atoms with Crippen LogP contribution in [0.1, 0.15) is 29.8 Å². The fraction of sp³-hybridized carbons (Fsp3) is 0.312. The predicted octanol–water partition coefficient (Wildman–Crippen LogP) is 4.23. The summed E-state index contributed by atoms with van der Waals surface area (Å²) in [5.41, 5.74) is 0.884. The molecular formula is C16H16ClNO2. The maximum absolute atomic E-state index is 12.3. The smallest absolute Gasteiger partial charge is 0.289 e. The van der Waals surface area contributed by atoms with Crippen molar-refractivity contribution in [2.75, 3.05) is 13.1 Å². The number of hydrogen-bond donors (Lipinski definition) is 0. The van der Waals surface area contributed by atoms with Gasteiger partial charge in [0.2, 0.25) is 0 Å². The number of carbonyl (C=O) groups is 1. The fourth-order valence-corrected chi connectivity index (χ4v) is 2.69. The van der Waals surface area contributed by atoms with E-state index in [0.29, 0.717) is 16.5 Å². The molecule has 2 heterocycles. The zero-order valence-electron chi connectivity index (χ0n) is 11.1. The van der Waals surface area contributed by atoms with E-state index in [1.54, 1.807) is 6.07 Å². The molecule has 0 saturated carbocycles. The molecule has 1 fully saturated rings. The lowest BCUT2D eigenvalue weighted by Crippen LogP contribution is -2.35. The second-order valence-electron chi connectivity index (χ2n) is 5.03. The molecule has 1 amide bonds. The van der Waals surface area contributed by atoms with E-state index in [0.717, 1.165) is 31.5 Å². The Morgan fingerprint density at radius 1 is 1.10 bits per heavy atom. The van der Waals surface area contributed by atoms with Gasteiger partial charge in [-0.05, 0) is 43.5 Å². The van der Waals surface area contributed by atoms with Crippen LogP contribution in [0.5, 0.6) is 0 Å². The summed E-state index contributed by atoms with van der Waals surface area (Å²) in [5, 5.41) is 0.655. The van der Waals surface area contributed by atoms with Gasteiger partial charge in [-0.25, -0.2) is 0 Å². The lowest BCUT2D eigenvalue weighted by molar-refractivity contribution is 0.0693. The van der Waals surface area contributed by atoms with Crippen molar-refractivity contribution < 1.29 is 9.21 Å². The fourth-order valence-electron chi connectivity index (χ4n) is 2.50. The Kier molecular flexibility index (Phi) is 3.79. The van der Waals surface area contributed by atoms with Crippen molar-refractivity contribution in [2.24, 2.45) is 0 Å². The van der Waals surface area contributed by atoms with Crippen LogP contribution < -0.4 is 0 Å². The highest BCUT2D eigenvalue weighted by Crippen LogP contribution is 2.25. The van der Waals surface area contributed by atoms with Crippen molar-refractivity contribution in [1.29, 1.82) is 0 Å². The van der Waals surface area contributed by atoms with Crippen LogP contribution in [-0.2, 0) is 0 Å². The number of carbonyl (C=O) groups excluding carboxylic acids is 1. The van der Waals surface area contributed by atoms with E-state index in [4.69, 9.17) is 16.0 Å². The van der Waals surface area contributed by atoms with Crippen LogP contribution in [0.4, 0.5) is 0 Å². The number of amides is 1. The molecule has 3 nitrogen and oxygen atoms in total. The van der Waals surface area contributed by atoms with Gasteiger partial charge >= 0.3 is 0 Å². The Labute approximate surface area is 123 Å². The minimum Gasteiger partial charge on any atom is -0.451 e. The van der Waals surface area contributed by atoms with Gasteiger partial charge < -0.3 is 9.32 Å². The summed E-state index contributed by atoms with van der Waals surface area (Å²) in [5.74, 6) is 1.06. The van der Waals surface area contributed by atoms with Crippen LogP contribution in [0.15, 0.2) is 40.8 Å². The molecular weight excluding hydrogens is 274 g/mol. The first kappa shape index (κ1) is 13.3. The third-order valence-electron chi connectivity index (χ3n) is 3.57. The molecule has 1 aromatic heterocycles. The summed E-state index contributed by atoms with van der Waals surface area (Å²) in [6.07, 6.45) is 3.36. The number of furan rings is 1. The number of benzene rings is 1. The second kappa shape index (κ2) is 5.71. The molecule has 0 spiro atoms. The molecule has 2 aromatic rings. The summed E-state index contributed by atoms with van der Waals surface area (Å²) >= 11 is 5.97. The minimum atomic E-state index is -0.0158. The van der Waals surface area contributed by atoms with Crippen LogP contribution in [0, 0.1) is 0 Å². The average molecular weight is 290 g/mol. The van der Waals surface area contributed by atoms with Crippen LogP contribution in [0.25, 0.3) is 11.3 Å². The molecule has 1 aliphatic heterocycles. The van der Waals surface area contributed by atoms with E-state index in [1.807, 2.05) is 35.2 Å². The summed E-state index contributed by atoms with van der Waals surface area (Å²) in [4.78, 5) is 14.2. The van der Waals surface area contributed by atoms with Gasteiger partial charge in [0, 0.05) is 23.7 Å². The Morgan fingerprint density at radius 2 is 1.90 bits per heavy atom. The second-order valence-corrected chi connectivity index (χ2v) is 5.46. The van der Waals surface area contributed by atoms with Crippen molar-refractivity contribution in [2.45, 2.75) is 19.3 Å². The number of piperidine rings is 1. The first-order valence-electron chi connectivity index (χ1n) is 6.89. The first-order valence-corrected chi connectivity index (χ1v) is 7.27. The number of rotatable bonds is 2. The average Bonchev–Trinajstić information content (AvgIpc) is 2.97. The third kappa shape index (κ3) is 2.73. The standard InChI is InChI=1S/C16H16ClNO2/c17-13-6-4-5-12(11-13)14-7-8-15(20-14)16(19)18-9-2-1-3-10-18/h4-8,11H,1-3,9-10H2. The predicted molar refractivity (Wildman–Crippen MR) is 78.9 cm³/mol. The molecule has 1 aromatic carbocycles. The topological polar surface area (TPSA) is 33.5 Å². The van der Waals surface area contributed by atoms with Crippen LogP contribution >= 0.6 is 11.6 Å². The minimum absolute atomic E-state index is 0.0158. The van der Waals surface area contributed by atoms with Gasteiger partial charge in [-0.3, -0.25) is 4.79 Å². The largest absolute Gasteiger partial charge is 0.451 e. The van der Waals surface area contributed by atoms with E-state index in [2.05, 4.69) is 0 Å². The Hall–Kier alpha value is -1.74. The van der Waals surface area contributed by atoms with E-state index in [9.17, 15) is 4.79 Å². The Bertz CT molecular complexity index is 614. The molecule has 104 valence electrons. The summed E-state index contributed by atoms with van der Waals surface area (Å²) in [7, 11) is 0. The van der Waals surface area contributed by atoms with E-state index in [-0.39, 0.29) is 5.91 Å². The zero-order valence-corrected chi connectivity index (χ0v) is 11.9. The lowest BCUT2D eigenvalue weighted by atomic mass is 10.1. The Morgan fingerprint density at radius 3 is 2.65 bits per heavy atom. The quantitative estimate of drug-likeness (QED) is 0.829. The molecule has 3 rings (SSSR count). The van der Waals surface area contributed by atoms with Gasteiger partial charge in [0.15, 0.2) is 5.76 Å². The van der Waals surface area contributed by atoms with Crippen molar-refractivity contribution in [1.82, 2.24) is 4.90 Å². The van der Waals surface area contributed by atoms with Crippen molar-refractivity contribution in [3.05, 3.63) is 47.2 Å². The molecule has 0 atom stereocenters. The zero-order chi connectivity index (χ0) is 13.9. The highest BCUT2D eigenvalue weighted by molar-refractivity contribution is 6.30. The molecule has 0 unspecified atom stereocenters. The maximum Gasteiger partial charge on any atom is 0.289 e. The van der Waals surface area contributed by atoms with Crippen molar-refractivity contribution in [3.8, 4) is 11.3 Å². The van der Waals surface area contributed by atoms with E-state index in [1.165, 1.54) is 6.42 Å². The summed E-state index contributed by atoms with van der Waals surface area (Å²) < 4.78 is 5.69. The Balaban J connectivity index is 1.81. The monoisotopic (exact) mass is 289 g/mol. The third-order valence-corrected chi connectivity index (χ3v) is 3.80. The highest BCUT2D eigenvalue weighted by Gasteiger charge is 2.21. The molecule has 0 bridgehead atoms. The molecule has 0 radical (unpaired) electrons. The summed E-state index contributed by atoms with van der Waals surface area (Å²) in [6.45, 7) is 1.65. The van der Waals surface area contributed by atoms with Gasteiger partial charge in [-0.15, -0.1) is 0 Å². The van der Waals surface area contributed by atoms with Gasteiger partial charge in [0.1, 0.15) is 5.76 Å². The molecule has 0 aliphatic carbocycles. The SMILES string of the molecule is O=C(c1ccc(-c2cccc(Cl)c2)o1)N1CCCCC1. The molecule has 4 heteroatoms. The molecule has 0 N–H and O–H groups in total. The normalized spacial score (nSPS) is 15.3. The van der Waals surface area contributed by atoms with Crippen molar-refractivity contribution >= 4 is 17.5 Å². The van der Waals surface area contributed by atoms with E-state index >= 15 is 0 Å². The number of halogens is 1.